The number of aryl methyl sites for hydroxylation is 2. The zero-order valence-electron chi connectivity index (χ0n) is 14.5. The molecule has 0 amide bonds. The summed E-state index contributed by atoms with van der Waals surface area (Å²) in [5.41, 5.74) is 0. The van der Waals surface area contributed by atoms with Gasteiger partial charge in [0.25, 0.3) is 0 Å². The Labute approximate surface area is 152 Å². The van der Waals surface area contributed by atoms with E-state index in [0.29, 0.717) is 4.88 Å². The van der Waals surface area contributed by atoms with Gasteiger partial charge in [-0.2, -0.15) is 0 Å². The minimum Gasteiger partial charge on any atom is -0.481 e. The molecule has 2 aromatic heterocycles. The van der Waals surface area contributed by atoms with Crippen molar-refractivity contribution < 1.29 is 14.7 Å². The number of aromatic nitrogens is 2. The molecule has 0 aliphatic rings. The van der Waals surface area contributed by atoms with E-state index in [-0.39, 0.29) is 18.6 Å². The highest BCUT2D eigenvalue weighted by Gasteiger charge is 2.11. The quantitative estimate of drug-likeness (QED) is 0.418. The van der Waals surface area contributed by atoms with E-state index in [1.807, 2.05) is 30.9 Å². The van der Waals surface area contributed by atoms with Crippen LogP contribution in [-0.4, -0.2) is 26.4 Å². The van der Waals surface area contributed by atoms with Gasteiger partial charge in [0, 0.05) is 30.2 Å². The van der Waals surface area contributed by atoms with Gasteiger partial charge in [0.05, 0.1) is 17.6 Å². The highest BCUT2D eigenvalue weighted by molar-refractivity contribution is 7.14. The molecule has 0 fully saturated rings. The molecule has 0 saturated carbocycles. The molecular formula is C19H26N2O3S. The van der Waals surface area contributed by atoms with Crippen molar-refractivity contribution in [1.82, 2.24) is 9.55 Å². The molecule has 136 valence electrons. The van der Waals surface area contributed by atoms with Crippen LogP contribution in [0.25, 0.3) is 0 Å². The largest absolute Gasteiger partial charge is 0.481 e. The van der Waals surface area contributed by atoms with Crippen molar-refractivity contribution in [1.29, 1.82) is 0 Å². The molecule has 2 rings (SSSR count). The first-order valence-corrected chi connectivity index (χ1v) is 9.76. The molecule has 0 atom stereocenters. The summed E-state index contributed by atoms with van der Waals surface area (Å²) in [5, 5.41) is 8.63. The summed E-state index contributed by atoms with van der Waals surface area (Å²) in [6.07, 6.45) is 14.0. The Morgan fingerprint density at radius 3 is 2.52 bits per heavy atom. The number of aliphatic carboxylic acids is 1. The van der Waals surface area contributed by atoms with Crippen molar-refractivity contribution in [3.05, 3.63) is 40.6 Å². The molecule has 1 N–H and O–H groups in total. The number of imidazole rings is 1. The highest BCUT2D eigenvalue weighted by Crippen LogP contribution is 2.21. The molecule has 5 nitrogen and oxygen atoms in total. The summed E-state index contributed by atoms with van der Waals surface area (Å²) in [6.45, 7) is 1.05. The molecule has 0 aromatic carbocycles. The van der Waals surface area contributed by atoms with Crippen LogP contribution < -0.4 is 0 Å². The van der Waals surface area contributed by atoms with Crippen molar-refractivity contribution in [2.75, 3.05) is 0 Å². The van der Waals surface area contributed by atoms with Crippen molar-refractivity contribution in [2.24, 2.45) is 0 Å². The lowest BCUT2D eigenvalue weighted by atomic mass is 10.1. The van der Waals surface area contributed by atoms with Gasteiger partial charge in [-0.1, -0.05) is 25.7 Å². The van der Waals surface area contributed by atoms with E-state index in [4.69, 9.17) is 5.11 Å². The summed E-state index contributed by atoms with van der Waals surface area (Å²) in [4.78, 5) is 28.3. The molecule has 6 heteroatoms. The Bertz CT molecular complexity index is 649. The molecule has 0 radical (unpaired) electrons. The van der Waals surface area contributed by atoms with Gasteiger partial charge in [-0.25, -0.2) is 4.98 Å². The third kappa shape index (κ3) is 7.65. The average molecular weight is 362 g/mol. The van der Waals surface area contributed by atoms with Crippen LogP contribution in [0.5, 0.6) is 0 Å². The number of ketones is 1. The SMILES string of the molecule is O=C(O)CCC(=O)c1ccc(CCCCCCCCn2ccnc2)s1. The first-order chi connectivity index (χ1) is 12.1. The lowest BCUT2D eigenvalue weighted by molar-refractivity contribution is -0.136. The first-order valence-electron chi connectivity index (χ1n) is 8.94. The van der Waals surface area contributed by atoms with E-state index in [1.54, 1.807) is 0 Å². The number of carboxylic acid groups (broad SMARTS) is 1. The third-order valence-electron chi connectivity index (χ3n) is 4.15. The fraction of sp³-hybridized carbons (Fsp3) is 0.526. The third-order valence-corrected chi connectivity index (χ3v) is 5.34. The lowest BCUT2D eigenvalue weighted by Gasteiger charge is -2.03. The molecule has 0 aliphatic carbocycles. The number of hydrogen-bond acceptors (Lipinski definition) is 4. The maximum atomic E-state index is 11.9. The number of nitrogens with zero attached hydrogens (tertiary/aromatic N) is 2. The van der Waals surface area contributed by atoms with Crippen molar-refractivity contribution in [2.45, 2.75) is 64.3 Å². The molecule has 0 unspecified atom stereocenters. The van der Waals surface area contributed by atoms with Gasteiger partial charge in [-0.3, -0.25) is 9.59 Å². The summed E-state index contributed by atoms with van der Waals surface area (Å²) in [7, 11) is 0. The standard InChI is InChI=1S/C19H26N2O3S/c22-17(9-11-19(23)24)18-10-8-16(25-18)7-5-3-1-2-4-6-13-21-14-12-20-15-21/h8,10,12,14-15H,1-7,9,11,13H2,(H,23,24). The Hall–Kier alpha value is -1.95. The zero-order chi connectivity index (χ0) is 17.9. The van der Waals surface area contributed by atoms with Crippen LogP contribution in [-0.2, 0) is 17.8 Å². The predicted octanol–water partition coefficient (Wildman–Crippen LogP) is 4.58. The second-order valence-electron chi connectivity index (χ2n) is 6.25. The smallest absolute Gasteiger partial charge is 0.303 e. The Balaban J connectivity index is 1.52. The molecule has 2 aromatic rings. The summed E-state index contributed by atoms with van der Waals surface area (Å²) >= 11 is 1.51. The van der Waals surface area contributed by atoms with Crippen LogP contribution in [0, 0.1) is 0 Å². The van der Waals surface area contributed by atoms with Gasteiger partial charge in [-0.05, 0) is 31.4 Å². The topological polar surface area (TPSA) is 72.2 Å². The highest BCUT2D eigenvalue weighted by atomic mass is 32.1. The van der Waals surface area contributed by atoms with E-state index in [0.717, 1.165) is 19.4 Å². The van der Waals surface area contributed by atoms with E-state index in [2.05, 4.69) is 9.55 Å². The molecule has 25 heavy (non-hydrogen) atoms. The fourth-order valence-electron chi connectivity index (χ4n) is 2.73. The van der Waals surface area contributed by atoms with E-state index < -0.39 is 5.97 Å². The Morgan fingerprint density at radius 2 is 1.80 bits per heavy atom. The van der Waals surface area contributed by atoms with E-state index in [9.17, 15) is 9.59 Å². The number of carbonyl (C=O) groups is 2. The van der Waals surface area contributed by atoms with Gasteiger partial charge < -0.3 is 9.67 Å². The zero-order valence-corrected chi connectivity index (χ0v) is 15.3. The Morgan fingerprint density at radius 1 is 1.04 bits per heavy atom. The van der Waals surface area contributed by atoms with Gasteiger partial charge >= 0.3 is 5.97 Å². The van der Waals surface area contributed by atoms with Gasteiger partial charge in [0.2, 0.25) is 0 Å². The lowest BCUT2D eigenvalue weighted by Crippen LogP contribution is -2.01. The van der Waals surface area contributed by atoms with Gasteiger partial charge in [0.15, 0.2) is 5.78 Å². The maximum Gasteiger partial charge on any atom is 0.303 e. The molecule has 0 bridgehead atoms. The Kier molecular flexibility index (Phi) is 8.39. The van der Waals surface area contributed by atoms with Crippen LogP contribution in [0.1, 0.15) is 65.9 Å². The van der Waals surface area contributed by atoms with Crippen molar-refractivity contribution in [3.8, 4) is 0 Å². The normalized spacial score (nSPS) is 10.9. The number of Topliss-reactive ketones (excluding diaryl/α,β-unsaturated/α-hetero) is 1. The second-order valence-corrected chi connectivity index (χ2v) is 7.42. The van der Waals surface area contributed by atoms with Crippen LogP contribution in [0.15, 0.2) is 30.9 Å². The summed E-state index contributed by atoms with van der Waals surface area (Å²) in [6, 6.07) is 3.84. The monoisotopic (exact) mass is 362 g/mol. The average Bonchev–Trinajstić information content (AvgIpc) is 3.26. The van der Waals surface area contributed by atoms with E-state index in [1.165, 1.54) is 48.3 Å². The van der Waals surface area contributed by atoms with Crippen molar-refractivity contribution >= 4 is 23.1 Å². The second kappa shape index (κ2) is 10.8. The van der Waals surface area contributed by atoms with Gasteiger partial charge in [-0.15, -0.1) is 11.3 Å². The fourth-order valence-corrected chi connectivity index (χ4v) is 3.74. The number of thiophene rings is 1. The van der Waals surface area contributed by atoms with Crippen molar-refractivity contribution in [3.63, 3.8) is 0 Å². The number of hydrogen-bond donors (Lipinski definition) is 1. The summed E-state index contributed by atoms with van der Waals surface area (Å²) < 4.78 is 2.12. The maximum absolute atomic E-state index is 11.9. The van der Waals surface area contributed by atoms with Crippen LogP contribution in [0.4, 0.5) is 0 Å². The molecule has 0 aliphatic heterocycles. The first kappa shape index (κ1) is 19.4. The minimum absolute atomic E-state index is 0.0588. The van der Waals surface area contributed by atoms with E-state index >= 15 is 0 Å². The van der Waals surface area contributed by atoms with Crippen LogP contribution in [0.2, 0.25) is 0 Å². The molecule has 0 spiro atoms. The molecule has 2 heterocycles. The number of unbranched alkanes of at least 4 members (excludes halogenated alkanes) is 5. The van der Waals surface area contributed by atoms with Gasteiger partial charge in [0.1, 0.15) is 0 Å². The number of carbonyl (C=O) groups excluding carboxylic acids is 1. The van der Waals surface area contributed by atoms with Crippen LogP contribution in [0.3, 0.4) is 0 Å². The number of rotatable bonds is 13. The summed E-state index contributed by atoms with van der Waals surface area (Å²) in [5.74, 6) is -0.980. The molecular weight excluding hydrogens is 336 g/mol. The minimum atomic E-state index is -0.921. The molecule has 0 saturated heterocycles. The van der Waals surface area contributed by atoms with Crippen LogP contribution >= 0.6 is 11.3 Å². The number of carboxylic acids is 1. The predicted molar refractivity (Wildman–Crippen MR) is 99.2 cm³/mol.